The Labute approximate surface area is 116 Å². The van der Waals surface area contributed by atoms with Gasteiger partial charge in [0.05, 0.1) is 0 Å². The maximum atomic E-state index is 11.8. The molecule has 0 spiro atoms. The molecule has 19 heavy (non-hydrogen) atoms. The Morgan fingerprint density at radius 1 is 1.16 bits per heavy atom. The van der Waals surface area contributed by atoms with Crippen LogP contribution in [0.25, 0.3) is 0 Å². The minimum absolute atomic E-state index is 0.145. The quantitative estimate of drug-likeness (QED) is 0.640. The molecule has 0 unspecified atom stereocenters. The SMILES string of the molecule is CC.CC(C)=C/C=C(\C)NC(=O)c1cccc(N)c1. The van der Waals surface area contributed by atoms with Gasteiger partial charge in [0.25, 0.3) is 5.91 Å². The van der Waals surface area contributed by atoms with Crippen LogP contribution in [0.4, 0.5) is 5.69 Å². The van der Waals surface area contributed by atoms with Gasteiger partial charge in [-0.3, -0.25) is 4.79 Å². The third kappa shape index (κ3) is 7.09. The molecule has 1 aromatic rings. The summed E-state index contributed by atoms with van der Waals surface area (Å²) in [6, 6.07) is 6.91. The summed E-state index contributed by atoms with van der Waals surface area (Å²) in [5.41, 5.74) is 8.76. The zero-order valence-corrected chi connectivity index (χ0v) is 12.4. The largest absolute Gasteiger partial charge is 0.399 e. The van der Waals surface area contributed by atoms with Crippen molar-refractivity contribution in [3.05, 3.63) is 53.3 Å². The van der Waals surface area contributed by atoms with Gasteiger partial charge in [0, 0.05) is 16.9 Å². The van der Waals surface area contributed by atoms with Crippen molar-refractivity contribution in [3.63, 3.8) is 0 Å². The third-order valence-electron chi connectivity index (χ3n) is 2.13. The number of carbonyl (C=O) groups is 1. The fourth-order valence-corrected chi connectivity index (χ4v) is 1.26. The summed E-state index contributed by atoms with van der Waals surface area (Å²) in [5, 5.41) is 2.80. The summed E-state index contributed by atoms with van der Waals surface area (Å²) in [6.45, 7) is 9.86. The first-order chi connectivity index (χ1) is 8.99. The van der Waals surface area contributed by atoms with Crippen molar-refractivity contribution in [1.82, 2.24) is 5.32 Å². The number of nitrogens with one attached hydrogen (secondary N) is 1. The van der Waals surface area contributed by atoms with E-state index in [1.54, 1.807) is 24.3 Å². The maximum absolute atomic E-state index is 11.8. The van der Waals surface area contributed by atoms with Gasteiger partial charge in [-0.15, -0.1) is 0 Å². The van der Waals surface area contributed by atoms with E-state index in [0.29, 0.717) is 11.3 Å². The molecule has 0 aromatic heterocycles. The van der Waals surface area contributed by atoms with Gasteiger partial charge in [-0.05, 0) is 45.0 Å². The van der Waals surface area contributed by atoms with E-state index in [4.69, 9.17) is 5.73 Å². The minimum Gasteiger partial charge on any atom is -0.399 e. The monoisotopic (exact) mass is 260 g/mol. The van der Waals surface area contributed by atoms with Crippen molar-refractivity contribution in [2.75, 3.05) is 5.73 Å². The summed E-state index contributed by atoms with van der Waals surface area (Å²) in [7, 11) is 0. The van der Waals surface area contributed by atoms with Gasteiger partial charge in [0.2, 0.25) is 0 Å². The predicted octanol–water partition coefficient (Wildman–Crippen LogP) is 3.89. The zero-order chi connectivity index (χ0) is 14.8. The molecule has 3 nitrogen and oxygen atoms in total. The molecule has 0 saturated heterocycles. The van der Waals surface area contributed by atoms with Gasteiger partial charge in [0.15, 0.2) is 0 Å². The molecule has 1 amide bonds. The van der Waals surface area contributed by atoms with Crippen LogP contribution in [0.1, 0.15) is 45.0 Å². The molecule has 0 fully saturated rings. The zero-order valence-electron chi connectivity index (χ0n) is 12.4. The number of hydrogen-bond donors (Lipinski definition) is 2. The van der Waals surface area contributed by atoms with Crippen LogP contribution in [-0.2, 0) is 0 Å². The summed E-state index contributed by atoms with van der Waals surface area (Å²) in [4.78, 5) is 11.8. The molecule has 0 aliphatic rings. The normalized spacial score (nSPS) is 10.1. The molecule has 3 N–H and O–H groups in total. The number of anilines is 1. The number of amides is 1. The second kappa shape index (κ2) is 8.97. The van der Waals surface area contributed by atoms with Crippen molar-refractivity contribution < 1.29 is 4.79 Å². The lowest BCUT2D eigenvalue weighted by molar-refractivity contribution is 0.0966. The molecule has 104 valence electrons. The van der Waals surface area contributed by atoms with E-state index < -0.39 is 0 Å². The second-order valence-electron chi connectivity index (χ2n) is 4.17. The van der Waals surface area contributed by atoms with Crippen LogP contribution in [0, 0.1) is 0 Å². The minimum atomic E-state index is -0.145. The van der Waals surface area contributed by atoms with E-state index >= 15 is 0 Å². The highest BCUT2D eigenvalue weighted by Gasteiger charge is 2.04. The lowest BCUT2D eigenvalue weighted by Gasteiger charge is -2.05. The lowest BCUT2D eigenvalue weighted by atomic mass is 10.2. The van der Waals surface area contributed by atoms with E-state index in [9.17, 15) is 4.79 Å². The highest BCUT2D eigenvalue weighted by atomic mass is 16.1. The first kappa shape index (κ1) is 17.0. The van der Waals surface area contributed by atoms with Crippen LogP contribution in [0.5, 0.6) is 0 Å². The second-order valence-corrected chi connectivity index (χ2v) is 4.17. The first-order valence-electron chi connectivity index (χ1n) is 6.47. The number of benzene rings is 1. The smallest absolute Gasteiger partial charge is 0.255 e. The maximum Gasteiger partial charge on any atom is 0.255 e. The Balaban J connectivity index is 0.00000154. The molecule has 0 bridgehead atoms. The number of nitrogen functional groups attached to an aromatic ring is 1. The van der Waals surface area contributed by atoms with E-state index in [1.165, 1.54) is 5.57 Å². The van der Waals surface area contributed by atoms with Gasteiger partial charge >= 0.3 is 0 Å². The number of nitrogens with two attached hydrogens (primary N) is 1. The Hall–Kier alpha value is -2.03. The average Bonchev–Trinajstić information content (AvgIpc) is 2.38. The van der Waals surface area contributed by atoms with Crippen LogP contribution in [-0.4, -0.2) is 5.91 Å². The summed E-state index contributed by atoms with van der Waals surface area (Å²) >= 11 is 0. The topological polar surface area (TPSA) is 55.1 Å². The molecule has 0 saturated carbocycles. The summed E-state index contributed by atoms with van der Waals surface area (Å²) in [6.07, 6.45) is 3.83. The van der Waals surface area contributed by atoms with Crippen molar-refractivity contribution >= 4 is 11.6 Å². The standard InChI is InChI=1S/C14H18N2O.C2H6/c1-10(2)7-8-11(3)16-14(17)12-5-4-6-13(15)9-12;1-2/h4-9H,15H2,1-3H3,(H,16,17);1-2H3/b11-8+;. The van der Waals surface area contributed by atoms with Crippen molar-refractivity contribution in [3.8, 4) is 0 Å². The molecular formula is C16H24N2O. The van der Waals surface area contributed by atoms with E-state index in [0.717, 1.165) is 5.70 Å². The highest BCUT2D eigenvalue weighted by Crippen LogP contribution is 2.07. The van der Waals surface area contributed by atoms with Crippen molar-refractivity contribution in [1.29, 1.82) is 0 Å². The average molecular weight is 260 g/mol. The Morgan fingerprint density at radius 3 is 2.32 bits per heavy atom. The van der Waals surface area contributed by atoms with Crippen LogP contribution >= 0.6 is 0 Å². The Morgan fingerprint density at radius 2 is 1.79 bits per heavy atom. The van der Waals surface area contributed by atoms with Crippen LogP contribution in [0.15, 0.2) is 47.7 Å². The van der Waals surface area contributed by atoms with Gasteiger partial charge in [-0.2, -0.15) is 0 Å². The van der Waals surface area contributed by atoms with Gasteiger partial charge in [-0.1, -0.05) is 31.6 Å². The molecule has 0 aliphatic carbocycles. The molecule has 1 rings (SSSR count). The summed E-state index contributed by atoms with van der Waals surface area (Å²) in [5.74, 6) is -0.145. The van der Waals surface area contributed by atoms with Gasteiger partial charge < -0.3 is 11.1 Å². The lowest BCUT2D eigenvalue weighted by Crippen LogP contribution is -2.21. The number of hydrogen-bond acceptors (Lipinski definition) is 2. The molecule has 1 aromatic carbocycles. The van der Waals surface area contributed by atoms with E-state index in [1.807, 2.05) is 46.8 Å². The summed E-state index contributed by atoms with van der Waals surface area (Å²) < 4.78 is 0. The van der Waals surface area contributed by atoms with Crippen LogP contribution < -0.4 is 11.1 Å². The predicted molar refractivity (Wildman–Crippen MR) is 82.9 cm³/mol. The van der Waals surface area contributed by atoms with Gasteiger partial charge in [0.1, 0.15) is 0 Å². The van der Waals surface area contributed by atoms with E-state index in [-0.39, 0.29) is 5.91 Å². The number of rotatable bonds is 3. The first-order valence-corrected chi connectivity index (χ1v) is 6.47. The molecule has 0 atom stereocenters. The van der Waals surface area contributed by atoms with E-state index in [2.05, 4.69) is 5.32 Å². The molecule has 3 heteroatoms. The van der Waals surface area contributed by atoms with Crippen LogP contribution in [0.3, 0.4) is 0 Å². The van der Waals surface area contributed by atoms with Crippen molar-refractivity contribution in [2.45, 2.75) is 34.6 Å². The Kier molecular flexibility index (Phi) is 8.02. The molecule has 0 heterocycles. The van der Waals surface area contributed by atoms with Crippen LogP contribution in [0.2, 0.25) is 0 Å². The molecule has 0 radical (unpaired) electrons. The molecular weight excluding hydrogens is 236 g/mol. The molecule has 0 aliphatic heterocycles. The highest BCUT2D eigenvalue weighted by molar-refractivity contribution is 5.96. The Bertz CT molecular complexity index is 469. The fourth-order valence-electron chi connectivity index (χ4n) is 1.26. The fraction of sp³-hybridized carbons (Fsp3) is 0.312. The number of allylic oxidation sites excluding steroid dienone is 4. The van der Waals surface area contributed by atoms with Crippen molar-refractivity contribution in [2.24, 2.45) is 0 Å². The third-order valence-corrected chi connectivity index (χ3v) is 2.13. The number of carbonyl (C=O) groups excluding carboxylic acids is 1. The van der Waals surface area contributed by atoms with Gasteiger partial charge in [-0.25, -0.2) is 0 Å².